The van der Waals surface area contributed by atoms with Gasteiger partial charge in [0.25, 0.3) is 0 Å². The van der Waals surface area contributed by atoms with Gasteiger partial charge in [0.2, 0.25) is 0 Å². The van der Waals surface area contributed by atoms with Crippen molar-refractivity contribution in [2.45, 2.75) is 131 Å². The van der Waals surface area contributed by atoms with Gasteiger partial charge in [0.15, 0.2) is 0 Å². The highest BCUT2D eigenvalue weighted by Crippen LogP contribution is 2.78. The fourth-order valence-electron chi connectivity index (χ4n) is 11.4. The van der Waals surface area contributed by atoms with Crippen LogP contribution >= 0.6 is 0 Å². The Morgan fingerprint density at radius 3 is 2.00 bits per heavy atom. The summed E-state index contributed by atoms with van der Waals surface area (Å²) in [6.45, 7) is 16.4. The van der Waals surface area contributed by atoms with E-state index in [1.807, 2.05) is 0 Å². The van der Waals surface area contributed by atoms with Gasteiger partial charge in [0.1, 0.15) is 0 Å². The first-order valence-electron chi connectivity index (χ1n) is 14.1. The zero-order valence-electron chi connectivity index (χ0n) is 22.8. The number of hydrogen-bond acceptors (Lipinski definition) is 3. The monoisotopic (exact) mass is 474 g/mol. The molecule has 5 saturated carbocycles. The predicted molar refractivity (Wildman–Crippen MR) is 134 cm³/mol. The molecule has 0 heterocycles. The summed E-state index contributed by atoms with van der Waals surface area (Å²) in [5.74, 6) is 0.152. The van der Waals surface area contributed by atoms with Crippen LogP contribution in [0.1, 0.15) is 119 Å². The highest BCUT2D eigenvalue weighted by molar-refractivity contribution is 5.76. The van der Waals surface area contributed by atoms with E-state index >= 15 is 0 Å². The van der Waals surface area contributed by atoms with Crippen molar-refractivity contribution in [3.8, 4) is 0 Å². The maximum absolute atomic E-state index is 12.8. The Labute approximate surface area is 207 Å². The van der Waals surface area contributed by atoms with Crippen molar-refractivity contribution in [1.29, 1.82) is 0 Å². The standard InChI is InChI=1S/C30H50O4/c1-24(2)14-16-29(23(32)33)17-15-28(7)27(6)12-8-19-25(3,4)22(31)10-11-26(19,5)20(27)9-13-30(28,34)21(29)18-24/h19-22,31,34H,8-18H2,1-7H3,(H,32,33)/t19-,20+,21+,22-,26-,27+,28-,29-,30-/m0/s1. The number of carboxylic acid groups (broad SMARTS) is 1. The summed E-state index contributed by atoms with van der Waals surface area (Å²) in [4.78, 5) is 12.8. The van der Waals surface area contributed by atoms with Crippen LogP contribution in [0.15, 0.2) is 0 Å². The van der Waals surface area contributed by atoms with Crippen LogP contribution in [0, 0.1) is 50.2 Å². The van der Waals surface area contributed by atoms with Gasteiger partial charge in [-0.15, -0.1) is 0 Å². The predicted octanol–water partition coefficient (Wildman–Crippen LogP) is 6.43. The number of aliphatic carboxylic acids is 1. The van der Waals surface area contributed by atoms with Crippen molar-refractivity contribution in [1.82, 2.24) is 0 Å². The molecule has 0 spiro atoms. The average Bonchev–Trinajstić information content (AvgIpc) is 2.73. The Bertz CT molecular complexity index is 879. The van der Waals surface area contributed by atoms with E-state index in [0.717, 1.165) is 57.8 Å². The summed E-state index contributed by atoms with van der Waals surface area (Å²) in [5, 5.41) is 34.2. The second-order valence-corrected chi connectivity index (χ2v) is 15.6. The second-order valence-electron chi connectivity index (χ2n) is 15.6. The Morgan fingerprint density at radius 1 is 0.735 bits per heavy atom. The molecule has 5 aliphatic carbocycles. The number of fused-ring (bicyclic) bond motifs is 7. The third-order valence-corrected chi connectivity index (χ3v) is 13.8. The van der Waals surface area contributed by atoms with Gasteiger partial charge in [-0.05, 0) is 104 Å². The molecule has 4 heteroatoms. The SMILES string of the molecule is CC1(C)CC[C@]2(C(=O)O)CC[C@@]3(C)[C@]4(C)CC[C@H]5C(C)(C)[C@@H](O)CC[C@]5(C)[C@H]4CC[C@]3(O)[C@@H]2C1. The molecule has 5 rings (SSSR count). The molecular weight excluding hydrogens is 424 g/mol. The zero-order valence-corrected chi connectivity index (χ0v) is 22.8. The quantitative estimate of drug-likeness (QED) is 0.409. The number of aliphatic hydroxyl groups is 2. The van der Waals surface area contributed by atoms with Crippen molar-refractivity contribution in [2.75, 3.05) is 0 Å². The second kappa shape index (κ2) is 7.03. The molecule has 0 aromatic heterocycles. The van der Waals surface area contributed by atoms with Gasteiger partial charge in [0, 0.05) is 11.3 Å². The zero-order chi connectivity index (χ0) is 25.2. The molecule has 34 heavy (non-hydrogen) atoms. The Morgan fingerprint density at radius 2 is 1.35 bits per heavy atom. The third kappa shape index (κ3) is 2.77. The number of carbonyl (C=O) groups is 1. The van der Waals surface area contributed by atoms with E-state index in [2.05, 4.69) is 48.5 Å². The normalized spacial score (nSPS) is 55.8. The van der Waals surface area contributed by atoms with Gasteiger partial charge in [-0.25, -0.2) is 0 Å². The Balaban J connectivity index is 1.59. The summed E-state index contributed by atoms with van der Waals surface area (Å²) in [6.07, 6.45) is 9.53. The maximum atomic E-state index is 12.8. The van der Waals surface area contributed by atoms with E-state index in [1.54, 1.807) is 0 Å². The molecule has 4 nitrogen and oxygen atoms in total. The van der Waals surface area contributed by atoms with Gasteiger partial charge >= 0.3 is 5.97 Å². The molecule has 5 fully saturated rings. The van der Waals surface area contributed by atoms with Crippen molar-refractivity contribution in [3.63, 3.8) is 0 Å². The van der Waals surface area contributed by atoms with E-state index in [1.165, 1.54) is 0 Å². The van der Waals surface area contributed by atoms with Gasteiger partial charge in [-0.3, -0.25) is 4.79 Å². The first kappa shape index (κ1) is 25.1. The molecule has 0 aromatic carbocycles. The van der Waals surface area contributed by atoms with Crippen LogP contribution in [0.5, 0.6) is 0 Å². The summed E-state index contributed by atoms with van der Waals surface area (Å²) in [7, 11) is 0. The van der Waals surface area contributed by atoms with Crippen LogP contribution < -0.4 is 0 Å². The molecule has 0 bridgehead atoms. The van der Waals surface area contributed by atoms with Crippen LogP contribution in [0.4, 0.5) is 0 Å². The molecule has 3 N–H and O–H groups in total. The van der Waals surface area contributed by atoms with E-state index < -0.39 is 17.0 Å². The molecule has 0 unspecified atom stereocenters. The molecule has 194 valence electrons. The Kier molecular flexibility index (Phi) is 5.18. The number of aliphatic hydroxyl groups excluding tert-OH is 1. The summed E-state index contributed by atoms with van der Waals surface area (Å²) in [5.41, 5.74) is -1.86. The highest BCUT2D eigenvalue weighted by Gasteiger charge is 2.75. The first-order valence-corrected chi connectivity index (χ1v) is 14.1. The van der Waals surface area contributed by atoms with Crippen LogP contribution in [0.3, 0.4) is 0 Å². The molecule has 9 atom stereocenters. The largest absolute Gasteiger partial charge is 0.481 e. The summed E-state index contributed by atoms with van der Waals surface area (Å²) in [6, 6.07) is 0. The minimum absolute atomic E-state index is 0.0180. The van der Waals surface area contributed by atoms with Gasteiger partial charge in [-0.1, -0.05) is 48.5 Å². The molecular formula is C30H50O4. The van der Waals surface area contributed by atoms with Crippen molar-refractivity contribution in [3.05, 3.63) is 0 Å². The lowest BCUT2D eigenvalue weighted by Crippen LogP contribution is -2.74. The third-order valence-electron chi connectivity index (χ3n) is 13.8. The number of rotatable bonds is 1. The van der Waals surface area contributed by atoms with Gasteiger partial charge in [0.05, 0.1) is 17.1 Å². The van der Waals surface area contributed by atoms with Crippen LogP contribution in [0.25, 0.3) is 0 Å². The fourth-order valence-corrected chi connectivity index (χ4v) is 11.4. The molecule has 0 radical (unpaired) electrons. The van der Waals surface area contributed by atoms with E-state index in [4.69, 9.17) is 0 Å². The molecule has 5 aliphatic rings. The lowest BCUT2D eigenvalue weighted by molar-refractivity contribution is -0.313. The molecule has 0 aromatic rings. The van der Waals surface area contributed by atoms with E-state index in [9.17, 15) is 20.1 Å². The topological polar surface area (TPSA) is 77.8 Å². The smallest absolute Gasteiger partial charge is 0.310 e. The molecule has 0 saturated heterocycles. The average molecular weight is 475 g/mol. The summed E-state index contributed by atoms with van der Waals surface area (Å²) >= 11 is 0. The number of carboxylic acids is 1. The lowest BCUT2D eigenvalue weighted by Gasteiger charge is -2.75. The summed E-state index contributed by atoms with van der Waals surface area (Å²) < 4.78 is 0. The minimum atomic E-state index is -0.931. The first-order chi connectivity index (χ1) is 15.5. The van der Waals surface area contributed by atoms with E-state index in [0.29, 0.717) is 24.7 Å². The van der Waals surface area contributed by atoms with Crippen LogP contribution in [-0.2, 0) is 4.79 Å². The fraction of sp³-hybridized carbons (Fsp3) is 0.967. The lowest BCUT2D eigenvalue weighted by atomic mass is 9.30. The van der Waals surface area contributed by atoms with Gasteiger partial charge < -0.3 is 15.3 Å². The number of hydrogen-bond donors (Lipinski definition) is 3. The van der Waals surface area contributed by atoms with Gasteiger partial charge in [-0.2, -0.15) is 0 Å². The van der Waals surface area contributed by atoms with Crippen LogP contribution in [-0.4, -0.2) is 33.0 Å². The van der Waals surface area contributed by atoms with Crippen LogP contribution in [0.2, 0.25) is 0 Å². The van der Waals surface area contributed by atoms with Crippen molar-refractivity contribution >= 4 is 5.97 Å². The maximum Gasteiger partial charge on any atom is 0.310 e. The van der Waals surface area contributed by atoms with E-state index in [-0.39, 0.29) is 39.1 Å². The molecule has 0 aliphatic heterocycles. The van der Waals surface area contributed by atoms with Crippen molar-refractivity contribution < 1.29 is 20.1 Å². The molecule has 0 amide bonds. The Hall–Kier alpha value is -0.610. The minimum Gasteiger partial charge on any atom is -0.481 e. The van der Waals surface area contributed by atoms with Crippen molar-refractivity contribution in [2.24, 2.45) is 50.2 Å². The highest BCUT2D eigenvalue weighted by atomic mass is 16.4.